The van der Waals surface area contributed by atoms with E-state index in [-0.39, 0.29) is 5.91 Å². The van der Waals surface area contributed by atoms with Crippen LogP contribution in [0.1, 0.15) is 32.1 Å². The molecule has 3 rings (SSSR count). The molecule has 144 valence electrons. The maximum absolute atomic E-state index is 12.6. The molecule has 3 aromatic rings. The van der Waals surface area contributed by atoms with Crippen molar-refractivity contribution in [1.29, 1.82) is 0 Å². The van der Waals surface area contributed by atoms with E-state index in [1.165, 1.54) is 20.3 Å². The summed E-state index contributed by atoms with van der Waals surface area (Å²) in [6, 6.07) is 12.0. The minimum Gasteiger partial charge on any atom is -0.495 e. The number of imidazole rings is 1. The number of hydrogen-bond donors (Lipinski definition) is 1. The Hall–Kier alpha value is -3.61. The number of hydrogen-bond acceptors (Lipinski definition) is 5. The fourth-order valence-corrected chi connectivity index (χ4v) is 2.77. The van der Waals surface area contributed by atoms with Crippen LogP contribution in [0, 0.1) is 6.92 Å². The SMILES string of the molecule is COC(=O)c1ccc(OC)c(NC(=O)c2ccc(Cn3ccnc3C)cc2)c1. The fraction of sp³-hybridized carbons (Fsp3) is 0.190. The number of amides is 1. The normalized spacial score (nSPS) is 10.4. The van der Waals surface area contributed by atoms with Crippen molar-refractivity contribution in [2.45, 2.75) is 13.5 Å². The Morgan fingerprint density at radius 1 is 1.07 bits per heavy atom. The second-order valence-corrected chi connectivity index (χ2v) is 6.16. The maximum Gasteiger partial charge on any atom is 0.337 e. The predicted molar refractivity (Wildman–Crippen MR) is 105 cm³/mol. The van der Waals surface area contributed by atoms with Gasteiger partial charge in [-0.3, -0.25) is 4.79 Å². The molecule has 2 aromatic carbocycles. The van der Waals surface area contributed by atoms with E-state index in [0.29, 0.717) is 29.1 Å². The molecule has 7 nitrogen and oxygen atoms in total. The van der Waals surface area contributed by atoms with E-state index >= 15 is 0 Å². The van der Waals surface area contributed by atoms with Crippen LogP contribution in [0.5, 0.6) is 5.75 Å². The van der Waals surface area contributed by atoms with E-state index < -0.39 is 5.97 Å². The number of nitrogens with one attached hydrogen (secondary N) is 1. The van der Waals surface area contributed by atoms with Gasteiger partial charge in [-0.1, -0.05) is 12.1 Å². The average Bonchev–Trinajstić information content (AvgIpc) is 3.12. The summed E-state index contributed by atoms with van der Waals surface area (Å²) in [6.45, 7) is 2.63. The van der Waals surface area contributed by atoms with E-state index in [4.69, 9.17) is 9.47 Å². The largest absolute Gasteiger partial charge is 0.495 e. The number of methoxy groups -OCH3 is 2. The van der Waals surface area contributed by atoms with Crippen LogP contribution in [-0.4, -0.2) is 35.6 Å². The molecule has 7 heteroatoms. The van der Waals surface area contributed by atoms with E-state index in [2.05, 4.69) is 10.3 Å². The summed E-state index contributed by atoms with van der Waals surface area (Å²) in [5, 5.41) is 2.78. The number of carbonyl (C=O) groups is 2. The first-order valence-corrected chi connectivity index (χ1v) is 8.66. The van der Waals surface area contributed by atoms with Crippen molar-refractivity contribution in [2.75, 3.05) is 19.5 Å². The Morgan fingerprint density at radius 2 is 1.79 bits per heavy atom. The van der Waals surface area contributed by atoms with Crippen molar-refractivity contribution in [3.8, 4) is 5.75 Å². The summed E-state index contributed by atoms with van der Waals surface area (Å²) in [6.07, 6.45) is 3.67. The highest BCUT2D eigenvalue weighted by atomic mass is 16.5. The lowest BCUT2D eigenvalue weighted by atomic mass is 10.1. The molecule has 0 aliphatic carbocycles. The van der Waals surface area contributed by atoms with Gasteiger partial charge in [-0.05, 0) is 42.8 Å². The molecule has 1 amide bonds. The molecule has 0 unspecified atom stereocenters. The second-order valence-electron chi connectivity index (χ2n) is 6.16. The van der Waals surface area contributed by atoms with Gasteiger partial charge in [0.1, 0.15) is 11.6 Å². The van der Waals surface area contributed by atoms with Crippen molar-refractivity contribution < 1.29 is 19.1 Å². The summed E-state index contributed by atoms with van der Waals surface area (Å²) in [5.74, 6) is 0.593. The molecule has 0 bridgehead atoms. The number of ether oxygens (including phenoxy) is 2. The second kappa shape index (κ2) is 8.39. The Kier molecular flexibility index (Phi) is 5.74. The van der Waals surface area contributed by atoms with Gasteiger partial charge in [0.05, 0.1) is 25.5 Å². The molecule has 0 spiro atoms. The lowest BCUT2D eigenvalue weighted by Gasteiger charge is -2.12. The Morgan fingerprint density at radius 3 is 2.39 bits per heavy atom. The zero-order valence-electron chi connectivity index (χ0n) is 15.9. The van der Waals surface area contributed by atoms with Crippen molar-refractivity contribution >= 4 is 17.6 Å². The number of benzene rings is 2. The van der Waals surface area contributed by atoms with Gasteiger partial charge in [0.25, 0.3) is 5.91 Å². The minimum atomic E-state index is -0.489. The molecule has 0 radical (unpaired) electrons. The first kappa shape index (κ1) is 19.2. The van der Waals surface area contributed by atoms with Crippen LogP contribution in [-0.2, 0) is 11.3 Å². The van der Waals surface area contributed by atoms with E-state index in [9.17, 15) is 9.59 Å². The molecule has 1 heterocycles. The number of aryl methyl sites for hydroxylation is 1. The van der Waals surface area contributed by atoms with E-state index in [1.807, 2.05) is 29.8 Å². The van der Waals surface area contributed by atoms with Gasteiger partial charge in [-0.2, -0.15) is 0 Å². The number of carbonyl (C=O) groups excluding carboxylic acids is 2. The molecule has 1 aromatic heterocycles. The Bertz CT molecular complexity index is 993. The van der Waals surface area contributed by atoms with E-state index in [1.54, 1.807) is 30.5 Å². The monoisotopic (exact) mass is 379 g/mol. The third-order valence-corrected chi connectivity index (χ3v) is 4.36. The summed E-state index contributed by atoms with van der Waals surface area (Å²) in [7, 11) is 2.80. The summed E-state index contributed by atoms with van der Waals surface area (Å²) >= 11 is 0. The number of anilines is 1. The summed E-state index contributed by atoms with van der Waals surface area (Å²) in [4.78, 5) is 28.5. The van der Waals surface area contributed by atoms with Gasteiger partial charge in [-0.15, -0.1) is 0 Å². The van der Waals surface area contributed by atoms with Gasteiger partial charge in [0.2, 0.25) is 0 Å². The van der Waals surface area contributed by atoms with Crippen molar-refractivity contribution in [3.05, 3.63) is 77.4 Å². The average molecular weight is 379 g/mol. The van der Waals surface area contributed by atoms with E-state index in [0.717, 1.165) is 11.4 Å². The number of nitrogens with zero attached hydrogens (tertiary/aromatic N) is 2. The zero-order chi connectivity index (χ0) is 20.1. The summed E-state index contributed by atoms with van der Waals surface area (Å²) < 4.78 is 12.0. The molecule has 0 saturated heterocycles. The van der Waals surface area contributed by atoms with Crippen molar-refractivity contribution in [1.82, 2.24) is 9.55 Å². The lowest BCUT2D eigenvalue weighted by Crippen LogP contribution is -2.14. The Balaban J connectivity index is 1.75. The maximum atomic E-state index is 12.6. The topological polar surface area (TPSA) is 82.5 Å². The predicted octanol–water partition coefficient (Wildman–Crippen LogP) is 3.29. The van der Waals surface area contributed by atoms with Crippen LogP contribution in [0.2, 0.25) is 0 Å². The highest BCUT2D eigenvalue weighted by Gasteiger charge is 2.14. The van der Waals surface area contributed by atoms with Crippen molar-refractivity contribution in [3.63, 3.8) is 0 Å². The lowest BCUT2D eigenvalue weighted by molar-refractivity contribution is 0.0600. The molecular weight excluding hydrogens is 358 g/mol. The standard InChI is InChI=1S/C21H21N3O4/c1-14-22-10-11-24(14)13-15-4-6-16(7-5-15)20(25)23-18-12-17(21(26)28-3)8-9-19(18)27-2/h4-12H,13H2,1-3H3,(H,23,25). The third-order valence-electron chi connectivity index (χ3n) is 4.36. The molecule has 1 N–H and O–H groups in total. The van der Waals surface area contributed by atoms with Gasteiger partial charge in [0.15, 0.2) is 0 Å². The number of esters is 1. The fourth-order valence-electron chi connectivity index (χ4n) is 2.77. The molecule has 0 aliphatic heterocycles. The van der Waals surface area contributed by atoms with Crippen LogP contribution in [0.25, 0.3) is 0 Å². The van der Waals surface area contributed by atoms with Crippen LogP contribution in [0.4, 0.5) is 5.69 Å². The molecule has 0 saturated carbocycles. The van der Waals surface area contributed by atoms with Gasteiger partial charge >= 0.3 is 5.97 Å². The quantitative estimate of drug-likeness (QED) is 0.665. The third kappa shape index (κ3) is 4.20. The van der Waals surface area contributed by atoms with Gasteiger partial charge < -0.3 is 19.4 Å². The zero-order valence-corrected chi connectivity index (χ0v) is 15.9. The minimum absolute atomic E-state index is 0.300. The summed E-state index contributed by atoms with van der Waals surface area (Å²) in [5.41, 5.74) is 2.28. The van der Waals surface area contributed by atoms with Crippen molar-refractivity contribution in [2.24, 2.45) is 0 Å². The highest BCUT2D eigenvalue weighted by molar-refractivity contribution is 6.05. The van der Waals surface area contributed by atoms with Gasteiger partial charge in [0, 0.05) is 24.5 Å². The number of rotatable bonds is 6. The highest BCUT2D eigenvalue weighted by Crippen LogP contribution is 2.26. The first-order valence-electron chi connectivity index (χ1n) is 8.66. The van der Waals surface area contributed by atoms with Crippen LogP contribution < -0.4 is 10.1 Å². The molecule has 0 atom stereocenters. The number of aromatic nitrogens is 2. The van der Waals surface area contributed by atoms with Crippen LogP contribution >= 0.6 is 0 Å². The molecule has 0 aliphatic rings. The molecule has 28 heavy (non-hydrogen) atoms. The molecular formula is C21H21N3O4. The molecule has 0 fully saturated rings. The van der Waals surface area contributed by atoms with Crippen LogP contribution in [0.15, 0.2) is 54.9 Å². The smallest absolute Gasteiger partial charge is 0.337 e. The van der Waals surface area contributed by atoms with Crippen LogP contribution in [0.3, 0.4) is 0 Å². The first-order chi connectivity index (χ1) is 13.5. The van der Waals surface area contributed by atoms with Gasteiger partial charge in [-0.25, -0.2) is 9.78 Å². The Labute approximate surface area is 162 Å².